The molecule has 0 aromatic rings. The van der Waals surface area contributed by atoms with E-state index >= 15 is 0 Å². The van der Waals surface area contributed by atoms with Gasteiger partial charge in [0.05, 0.1) is 26.4 Å². The summed E-state index contributed by atoms with van der Waals surface area (Å²) in [6, 6.07) is 0. The molecular weight excluding hydrogens is 344 g/mol. The first-order valence-electron chi connectivity index (χ1n) is 6.61. The van der Waals surface area contributed by atoms with Crippen LogP contribution in [0.15, 0.2) is 0 Å². The third-order valence-corrected chi connectivity index (χ3v) is 5.80. The van der Waals surface area contributed by atoms with Crippen molar-refractivity contribution >= 4 is 20.0 Å². The van der Waals surface area contributed by atoms with E-state index in [-0.39, 0.29) is 17.4 Å². The zero-order valence-electron chi connectivity index (χ0n) is 12.9. The fourth-order valence-electron chi connectivity index (χ4n) is 1.97. The highest BCUT2D eigenvalue weighted by atomic mass is 32.2. The van der Waals surface area contributed by atoms with E-state index in [0.717, 1.165) is 0 Å². The number of aliphatic hydroxyl groups is 1. The van der Waals surface area contributed by atoms with E-state index in [9.17, 15) is 30.7 Å². The summed E-state index contributed by atoms with van der Waals surface area (Å²) < 4.78 is 78.1. The van der Waals surface area contributed by atoms with Crippen LogP contribution >= 0.6 is 0 Å². The largest absolute Gasteiger partial charge is 0.386 e. The molecule has 11 heteroatoms. The molecule has 134 valence electrons. The number of halogens is 2. The Morgan fingerprint density at radius 1 is 1.14 bits per heavy atom. The van der Waals surface area contributed by atoms with Gasteiger partial charge in [0.1, 0.15) is 18.4 Å². The maximum atomic E-state index is 12.8. The van der Waals surface area contributed by atoms with Gasteiger partial charge in [-0.3, -0.25) is 4.55 Å². The molecule has 0 radical (unpaired) electrons. The number of sulfone groups is 1. The SMILES string of the molecule is CC(F)(F)S(=O)(=O)CCCC[N+](C)(C)CC(O)CS(=O)(=O)O. The van der Waals surface area contributed by atoms with Crippen molar-refractivity contribution < 1.29 is 39.8 Å². The summed E-state index contributed by atoms with van der Waals surface area (Å²) >= 11 is 0. The van der Waals surface area contributed by atoms with Gasteiger partial charge >= 0.3 is 5.25 Å². The summed E-state index contributed by atoms with van der Waals surface area (Å²) in [5, 5.41) is 5.80. The van der Waals surface area contributed by atoms with Gasteiger partial charge in [-0.1, -0.05) is 0 Å². The van der Waals surface area contributed by atoms with Gasteiger partial charge in [0.25, 0.3) is 10.1 Å². The lowest BCUT2D eigenvalue weighted by molar-refractivity contribution is -0.893. The minimum Gasteiger partial charge on any atom is -0.386 e. The van der Waals surface area contributed by atoms with Crippen LogP contribution in [0.25, 0.3) is 0 Å². The summed E-state index contributed by atoms with van der Waals surface area (Å²) in [5.74, 6) is -1.42. The zero-order valence-corrected chi connectivity index (χ0v) is 14.5. The Kier molecular flexibility index (Phi) is 7.35. The molecule has 0 spiro atoms. The maximum Gasteiger partial charge on any atom is 0.342 e. The second-order valence-electron chi connectivity index (χ2n) is 6.08. The van der Waals surface area contributed by atoms with Crippen LogP contribution in [-0.2, 0) is 20.0 Å². The number of nitrogens with zero attached hydrogens (tertiary/aromatic N) is 1. The van der Waals surface area contributed by atoms with Crippen molar-refractivity contribution in [1.82, 2.24) is 0 Å². The number of aliphatic hydroxyl groups excluding tert-OH is 1. The molecule has 0 aromatic carbocycles. The van der Waals surface area contributed by atoms with Gasteiger partial charge in [-0.15, -0.1) is 0 Å². The van der Waals surface area contributed by atoms with Crippen LogP contribution in [0.3, 0.4) is 0 Å². The van der Waals surface area contributed by atoms with Gasteiger partial charge in [-0.05, 0) is 12.8 Å². The Morgan fingerprint density at radius 3 is 2.05 bits per heavy atom. The number of rotatable bonds is 10. The highest BCUT2D eigenvalue weighted by Crippen LogP contribution is 2.22. The molecule has 7 nitrogen and oxygen atoms in total. The number of quaternary nitrogens is 1. The van der Waals surface area contributed by atoms with Gasteiger partial charge in [-0.25, -0.2) is 8.42 Å². The normalized spacial score (nSPS) is 15.8. The van der Waals surface area contributed by atoms with Crippen LogP contribution < -0.4 is 0 Å². The molecule has 1 atom stereocenters. The summed E-state index contributed by atoms with van der Waals surface area (Å²) in [5.41, 5.74) is 0. The summed E-state index contributed by atoms with van der Waals surface area (Å²) in [6.45, 7) is 0.734. The van der Waals surface area contributed by atoms with E-state index in [0.29, 0.717) is 19.9 Å². The van der Waals surface area contributed by atoms with Crippen LogP contribution in [0.5, 0.6) is 0 Å². The molecule has 0 aromatic heterocycles. The molecule has 0 aliphatic rings. The Bertz CT molecular complexity index is 554. The zero-order chi connectivity index (χ0) is 17.8. The van der Waals surface area contributed by atoms with Crippen molar-refractivity contribution in [1.29, 1.82) is 0 Å². The third kappa shape index (κ3) is 8.93. The number of hydrogen-bond acceptors (Lipinski definition) is 5. The Morgan fingerprint density at radius 2 is 1.64 bits per heavy atom. The highest BCUT2D eigenvalue weighted by molar-refractivity contribution is 7.92. The molecule has 0 bridgehead atoms. The Hall–Kier alpha value is -0.360. The fraction of sp³-hybridized carbons (Fsp3) is 1.00. The average Bonchev–Trinajstić information content (AvgIpc) is 2.18. The predicted octanol–water partition coefficient (Wildman–Crippen LogP) is 0.119. The van der Waals surface area contributed by atoms with Crippen LogP contribution in [0.4, 0.5) is 8.78 Å². The smallest absolute Gasteiger partial charge is 0.342 e. The summed E-state index contributed by atoms with van der Waals surface area (Å²) in [4.78, 5) is 0. The summed E-state index contributed by atoms with van der Waals surface area (Å²) in [6.07, 6.45) is -0.906. The van der Waals surface area contributed by atoms with Crippen LogP contribution in [0.1, 0.15) is 19.8 Å². The minimum atomic E-state index is -4.46. The monoisotopic (exact) mass is 368 g/mol. The third-order valence-electron chi connectivity index (χ3n) is 3.08. The van der Waals surface area contributed by atoms with E-state index in [1.54, 1.807) is 14.1 Å². The molecule has 0 rings (SSSR count). The molecule has 2 N–H and O–H groups in total. The predicted molar refractivity (Wildman–Crippen MR) is 77.9 cm³/mol. The van der Waals surface area contributed by atoms with Gasteiger partial charge < -0.3 is 9.59 Å². The van der Waals surface area contributed by atoms with Crippen molar-refractivity contribution in [2.45, 2.75) is 31.1 Å². The first-order valence-corrected chi connectivity index (χ1v) is 9.87. The van der Waals surface area contributed by atoms with Gasteiger partial charge in [-0.2, -0.15) is 17.2 Å². The van der Waals surface area contributed by atoms with Crippen LogP contribution in [-0.4, -0.2) is 81.0 Å². The molecule has 0 aliphatic heterocycles. The highest BCUT2D eigenvalue weighted by Gasteiger charge is 2.38. The number of unbranched alkanes of at least 4 members (excludes halogenated alkanes) is 1. The number of likely N-dealkylation sites (N-methyl/N-ethyl adjacent to an activating group) is 1. The van der Waals surface area contributed by atoms with Crippen LogP contribution in [0, 0.1) is 0 Å². The van der Waals surface area contributed by atoms with Gasteiger partial charge in [0.2, 0.25) is 9.84 Å². The second kappa shape index (κ2) is 7.47. The van der Waals surface area contributed by atoms with E-state index in [1.807, 2.05) is 0 Å². The topological polar surface area (TPSA) is 109 Å². The van der Waals surface area contributed by atoms with Gasteiger partial charge in [0, 0.05) is 6.92 Å². The molecular formula is C11H24F2NO6S2+. The summed E-state index contributed by atoms with van der Waals surface area (Å²) in [7, 11) is -5.39. The maximum absolute atomic E-state index is 12.8. The van der Waals surface area contributed by atoms with Crippen molar-refractivity contribution in [2.24, 2.45) is 0 Å². The quantitative estimate of drug-likeness (QED) is 0.322. The number of alkyl halides is 2. The van der Waals surface area contributed by atoms with Gasteiger partial charge in [0.15, 0.2) is 0 Å². The van der Waals surface area contributed by atoms with E-state index < -0.39 is 42.8 Å². The van der Waals surface area contributed by atoms with Crippen molar-refractivity contribution in [2.75, 3.05) is 38.7 Å². The molecule has 0 fully saturated rings. The standard InChI is InChI=1S/C11H23F2NO6S2/c1-11(12,13)21(16,17)7-5-4-6-14(2,3)8-10(15)9-22(18,19)20/h10,15H,4-9H2,1-3H3/p+1. The lowest BCUT2D eigenvalue weighted by Crippen LogP contribution is -2.47. The molecule has 0 amide bonds. The van der Waals surface area contributed by atoms with E-state index in [2.05, 4.69) is 0 Å². The van der Waals surface area contributed by atoms with Crippen LogP contribution in [0.2, 0.25) is 0 Å². The molecule has 0 saturated heterocycles. The first-order chi connectivity index (χ1) is 9.56. The van der Waals surface area contributed by atoms with Crippen molar-refractivity contribution in [3.05, 3.63) is 0 Å². The first kappa shape index (κ1) is 21.6. The van der Waals surface area contributed by atoms with E-state index in [1.165, 1.54) is 0 Å². The second-order valence-corrected chi connectivity index (χ2v) is 9.93. The molecule has 22 heavy (non-hydrogen) atoms. The van der Waals surface area contributed by atoms with Crippen molar-refractivity contribution in [3.8, 4) is 0 Å². The average molecular weight is 368 g/mol. The molecule has 0 aliphatic carbocycles. The van der Waals surface area contributed by atoms with E-state index in [4.69, 9.17) is 4.55 Å². The lowest BCUT2D eigenvalue weighted by Gasteiger charge is -2.31. The molecule has 0 heterocycles. The minimum absolute atomic E-state index is 0.0243. The fourth-order valence-corrected chi connectivity index (χ4v) is 3.50. The lowest BCUT2D eigenvalue weighted by atomic mass is 10.2. The Balaban J connectivity index is 4.30. The molecule has 1 unspecified atom stereocenters. The number of hydrogen-bond donors (Lipinski definition) is 2. The molecule has 0 saturated carbocycles. The Labute approximate surface area is 130 Å². The van der Waals surface area contributed by atoms with Crippen molar-refractivity contribution in [3.63, 3.8) is 0 Å².